The number of carbonyl (C=O) groups excluding carboxylic acids is 2. The van der Waals surface area contributed by atoms with Crippen molar-refractivity contribution in [3.05, 3.63) is 29.3 Å². The van der Waals surface area contributed by atoms with Crippen LogP contribution in [0.2, 0.25) is 0 Å². The van der Waals surface area contributed by atoms with Crippen LogP contribution in [0.3, 0.4) is 0 Å². The number of hydrogen-bond donors (Lipinski definition) is 3. The molecule has 1 aromatic carbocycles. The fourth-order valence-electron chi connectivity index (χ4n) is 4.30. The van der Waals surface area contributed by atoms with Gasteiger partial charge in [0.25, 0.3) is 0 Å². The first kappa shape index (κ1) is 19.7. The van der Waals surface area contributed by atoms with Gasteiger partial charge in [0.15, 0.2) is 0 Å². The van der Waals surface area contributed by atoms with Gasteiger partial charge in [0.2, 0.25) is 11.8 Å². The molecular formula is C21H32N4O2. The molecule has 6 heteroatoms. The third kappa shape index (κ3) is 4.43. The summed E-state index contributed by atoms with van der Waals surface area (Å²) in [5.74, 6) is 0.258. The highest BCUT2D eigenvalue weighted by molar-refractivity contribution is 5.88. The summed E-state index contributed by atoms with van der Waals surface area (Å²) >= 11 is 0. The molecule has 6 nitrogen and oxygen atoms in total. The van der Waals surface area contributed by atoms with Crippen LogP contribution in [0.5, 0.6) is 0 Å². The molecule has 0 aliphatic carbocycles. The van der Waals surface area contributed by atoms with Crippen molar-refractivity contribution in [1.82, 2.24) is 10.2 Å². The van der Waals surface area contributed by atoms with Gasteiger partial charge in [-0.25, -0.2) is 0 Å². The zero-order chi connectivity index (χ0) is 19.4. The van der Waals surface area contributed by atoms with E-state index in [1.807, 2.05) is 11.0 Å². The van der Waals surface area contributed by atoms with E-state index >= 15 is 0 Å². The van der Waals surface area contributed by atoms with Crippen molar-refractivity contribution >= 4 is 17.5 Å². The molecule has 0 radical (unpaired) electrons. The Morgan fingerprint density at radius 2 is 2.19 bits per heavy atom. The van der Waals surface area contributed by atoms with Gasteiger partial charge in [-0.2, -0.15) is 0 Å². The lowest BCUT2D eigenvalue weighted by molar-refractivity contribution is -0.135. The number of rotatable bonds is 6. The quantitative estimate of drug-likeness (QED) is 0.712. The summed E-state index contributed by atoms with van der Waals surface area (Å²) in [6.07, 6.45) is 4.54. The maximum Gasteiger partial charge on any atom is 0.243 e. The van der Waals surface area contributed by atoms with E-state index in [2.05, 4.69) is 36.6 Å². The highest BCUT2D eigenvalue weighted by Gasteiger charge is 2.33. The minimum Gasteiger partial charge on any atom is -0.373 e. The molecule has 0 bridgehead atoms. The first-order valence-electron chi connectivity index (χ1n) is 10.2. The highest BCUT2D eigenvalue weighted by Crippen LogP contribution is 2.29. The van der Waals surface area contributed by atoms with Crippen LogP contribution in [0.1, 0.15) is 50.2 Å². The maximum atomic E-state index is 12.8. The average molecular weight is 373 g/mol. The number of benzene rings is 1. The summed E-state index contributed by atoms with van der Waals surface area (Å²) in [6.45, 7) is 5.43. The van der Waals surface area contributed by atoms with Crippen molar-refractivity contribution in [2.24, 2.45) is 5.73 Å². The number of fused-ring (bicyclic) bond motifs is 1. The van der Waals surface area contributed by atoms with Crippen molar-refractivity contribution in [2.75, 3.05) is 18.4 Å². The van der Waals surface area contributed by atoms with E-state index in [0.29, 0.717) is 19.5 Å². The summed E-state index contributed by atoms with van der Waals surface area (Å²) in [5, 5.41) is 6.60. The molecule has 148 valence electrons. The molecule has 3 atom stereocenters. The number of aryl methyl sites for hydroxylation is 1. The summed E-state index contributed by atoms with van der Waals surface area (Å²) in [4.78, 5) is 27.2. The van der Waals surface area contributed by atoms with Gasteiger partial charge in [-0.1, -0.05) is 25.1 Å². The van der Waals surface area contributed by atoms with Crippen molar-refractivity contribution < 1.29 is 9.59 Å². The Morgan fingerprint density at radius 1 is 1.37 bits per heavy atom. The molecule has 1 aromatic rings. The molecule has 0 spiro atoms. The predicted octanol–water partition coefficient (Wildman–Crippen LogP) is 1.96. The third-order valence-corrected chi connectivity index (χ3v) is 5.87. The standard InChI is InChI=1S/C21H32N4O2/c1-3-17-13-16(9-11-25(17)19(26)8-5-10-22)23-21(27)18-12-15-7-4-6-14(2)20(15)24-18/h4,6-7,16-18,24H,3,5,8-13,22H2,1-2H3,(H,23,27)/t16-,17+,18?/m1/s1. The van der Waals surface area contributed by atoms with Gasteiger partial charge >= 0.3 is 0 Å². The van der Waals surface area contributed by atoms with Crippen LogP contribution in [0.4, 0.5) is 5.69 Å². The van der Waals surface area contributed by atoms with Gasteiger partial charge < -0.3 is 21.3 Å². The second-order valence-electron chi connectivity index (χ2n) is 7.78. The zero-order valence-electron chi connectivity index (χ0n) is 16.5. The van der Waals surface area contributed by atoms with E-state index in [-0.39, 0.29) is 29.9 Å². The largest absolute Gasteiger partial charge is 0.373 e. The maximum absolute atomic E-state index is 12.8. The Labute approximate surface area is 161 Å². The molecule has 27 heavy (non-hydrogen) atoms. The first-order valence-corrected chi connectivity index (χ1v) is 10.2. The summed E-state index contributed by atoms with van der Waals surface area (Å²) in [7, 11) is 0. The second-order valence-corrected chi connectivity index (χ2v) is 7.78. The molecule has 2 amide bonds. The average Bonchev–Trinajstić information content (AvgIpc) is 3.12. The molecule has 2 aliphatic heterocycles. The topological polar surface area (TPSA) is 87.5 Å². The molecule has 2 aliphatic rings. The lowest BCUT2D eigenvalue weighted by Gasteiger charge is -2.39. The zero-order valence-corrected chi connectivity index (χ0v) is 16.5. The lowest BCUT2D eigenvalue weighted by Crippen LogP contribution is -2.53. The number of para-hydroxylation sites is 1. The molecule has 1 saturated heterocycles. The number of likely N-dealkylation sites (tertiary alicyclic amines) is 1. The Hall–Kier alpha value is -2.08. The van der Waals surface area contributed by atoms with Crippen LogP contribution in [0, 0.1) is 6.92 Å². The molecule has 0 aromatic heterocycles. The molecule has 1 fully saturated rings. The van der Waals surface area contributed by atoms with E-state index < -0.39 is 0 Å². The first-order chi connectivity index (χ1) is 13.0. The number of nitrogens with zero attached hydrogens (tertiary/aromatic N) is 1. The van der Waals surface area contributed by atoms with Crippen LogP contribution >= 0.6 is 0 Å². The van der Waals surface area contributed by atoms with Gasteiger partial charge in [-0.05, 0) is 50.3 Å². The highest BCUT2D eigenvalue weighted by atomic mass is 16.2. The van der Waals surface area contributed by atoms with Gasteiger partial charge in [0, 0.05) is 37.2 Å². The molecular weight excluding hydrogens is 340 g/mol. The van der Waals surface area contributed by atoms with E-state index in [4.69, 9.17) is 5.73 Å². The fraction of sp³-hybridized carbons (Fsp3) is 0.619. The lowest BCUT2D eigenvalue weighted by atomic mass is 9.94. The molecule has 2 heterocycles. The normalized spacial score (nSPS) is 24.3. The number of amides is 2. The Kier molecular flexibility index (Phi) is 6.37. The van der Waals surface area contributed by atoms with E-state index in [1.54, 1.807) is 0 Å². The van der Waals surface area contributed by atoms with Crippen LogP contribution in [-0.4, -0.2) is 47.9 Å². The number of nitrogens with two attached hydrogens (primary N) is 1. The fourth-order valence-corrected chi connectivity index (χ4v) is 4.30. The molecule has 4 N–H and O–H groups in total. The summed E-state index contributed by atoms with van der Waals surface area (Å²) in [5.41, 5.74) is 9.02. The monoisotopic (exact) mass is 372 g/mol. The van der Waals surface area contributed by atoms with Gasteiger partial charge in [-0.3, -0.25) is 9.59 Å². The van der Waals surface area contributed by atoms with E-state index in [9.17, 15) is 9.59 Å². The molecule has 1 unspecified atom stereocenters. The van der Waals surface area contributed by atoms with Gasteiger partial charge in [0.05, 0.1) is 0 Å². The van der Waals surface area contributed by atoms with E-state index in [1.165, 1.54) is 11.1 Å². The predicted molar refractivity (Wildman–Crippen MR) is 108 cm³/mol. The van der Waals surface area contributed by atoms with Crippen LogP contribution in [-0.2, 0) is 16.0 Å². The van der Waals surface area contributed by atoms with Crippen molar-refractivity contribution in [3.8, 4) is 0 Å². The number of piperidine rings is 1. The summed E-state index contributed by atoms with van der Waals surface area (Å²) < 4.78 is 0. The number of anilines is 1. The Balaban J connectivity index is 1.54. The van der Waals surface area contributed by atoms with E-state index in [0.717, 1.165) is 37.8 Å². The Morgan fingerprint density at radius 3 is 2.89 bits per heavy atom. The number of hydrogen-bond acceptors (Lipinski definition) is 4. The second kappa shape index (κ2) is 8.74. The minimum atomic E-state index is -0.203. The van der Waals surface area contributed by atoms with Crippen LogP contribution < -0.4 is 16.4 Å². The molecule has 3 rings (SSSR count). The third-order valence-electron chi connectivity index (χ3n) is 5.87. The minimum absolute atomic E-state index is 0.0633. The van der Waals surface area contributed by atoms with Crippen LogP contribution in [0.15, 0.2) is 18.2 Å². The summed E-state index contributed by atoms with van der Waals surface area (Å²) in [6, 6.07) is 6.32. The van der Waals surface area contributed by atoms with Crippen LogP contribution in [0.25, 0.3) is 0 Å². The smallest absolute Gasteiger partial charge is 0.243 e. The van der Waals surface area contributed by atoms with Crippen molar-refractivity contribution in [1.29, 1.82) is 0 Å². The number of nitrogens with one attached hydrogen (secondary N) is 2. The van der Waals surface area contributed by atoms with Crippen molar-refractivity contribution in [3.63, 3.8) is 0 Å². The number of carbonyl (C=O) groups is 2. The van der Waals surface area contributed by atoms with Gasteiger partial charge in [-0.15, -0.1) is 0 Å². The molecule has 0 saturated carbocycles. The Bertz CT molecular complexity index is 691. The van der Waals surface area contributed by atoms with Gasteiger partial charge in [0.1, 0.15) is 6.04 Å². The SMILES string of the molecule is CC[C@H]1C[C@H](NC(=O)C2Cc3cccc(C)c3N2)CCN1C(=O)CCCN. The van der Waals surface area contributed by atoms with Crippen molar-refractivity contribution in [2.45, 2.75) is 70.5 Å².